The number of benzene rings is 1. The Morgan fingerprint density at radius 2 is 1.91 bits per heavy atom. The summed E-state index contributed by atoms with van der Waals surface area (Å²) in [7, 11) is 0. The number of hydrogen-bond acceptors (Lipinski definition) is 5. The van der Waals surface area contributed by atoms with Crippen LogP contribution in [0.5, 0.6) is 5.88 Å². The smallest absolute Gasteiger partial charge is 0.380 e. The highest BCUT2D eigenvalue weighted by molar-refractivity contribution is 5.87. The number of ether oxygens (including phenoxy) is 1. The molecule has 110 valence electrons. The van der Waals surface area contributed by atoms with Crippen molar-refractivity contribution in [3.05, 3.63) is 65.6 Å². The van der Waals surface area contributed by atoms with Crippen LogP contribution in [0.1, 0.15) is 21.7 Å². The van der Waals surface area contributed by atoms with E-state index in [1.165, 1.54) is 23.5 Å². The van der Waals surface area contributed by atoms with E-state index in [-0.39, 0.29) is 11.6 Å². The Bertz CT molecular complexity index is 793. The molecule has 5 nitrogen and oxygen atoms in total. The Balaban J connectivity index is 1.77. The number of aryl methyl sites for hydroxylation is 2. The van der Waals surface area contributed by atoms with E-state index < -0.39 is 5.97 Å². The van der Waals surface area contributed by atoms with Crippen molar-refractivity contribution in [1.29, 1.82) is 0 Å². The zero-order chi connectivity index (χ0) is 15.5. The Labute approximate surface area is 127 Å². The van der Waals surface area contributed by atoms with Crippen LogP contribution in [-0.4, -0.2) is 16.2 Å². The molecular formula is C17H14N2O3. The molecule has 0 saturated heterocycles. The maximum absolute atomic E-state index is 11.7. The van der Waals surface area contributed by atoms with Gasteiger partial charge >= 0.3 is 5.97 Å². The van der Waals surface area contributed by atoms with E-state index >= 15 is 0 Å². The molecule has 0 radical (unpaired) electrons. The lowest BCUT2D eigenvalue weighted by Gasteiger charge is -2.05. The summed E-state index contributed by atoms with van der Waals surface area (Å²) in [6.45, 7) is 4.10. The summed E-state index contributed by atoms with van der Waals surface area (Å²) in [4.78, 5) is 11.7. The fraction of sp³-hybridized carbons (Fsp3) is 0.118. The molecule has 0 atom stereocenters. The molecule has 3 aromatic rings. The number of hydrogen-bond donors (Lipinski definition) is 0. The van der Waals surface area contributed by atoms with Crippen molar-refractivity contribution in [3.63, 3.8) is 0 Å². The highest BCUT2D eigenvalue weighted by atomic mass is 16.6. The monoisotopic (exact) mass is 294 g/mol. The molecule has 2 aromatic heterocycles. The van der Waals surface area contributed by atoms with Crippen LogP contribution in [0.25, 0.3) is 11.3 Å². The van der Waals surface area contributed by atoms with Crippen LogP contribution >= 0.6 is 0 Å². The maximum Gasteiger partial charge on any atom is 0.380 e. The summed E-state index contributed by atoms with van der Waals surface area (Å²) in [5, 5.41) is 8.02. The predicted octanol–water partition coefficient (Wildman–Crippen LogP) is 3.57. The molecule has 22 heavy (non-hydrogen) atoms. The Morgan fingerprint density at radius 3 is 2.55 bits per heavy atom. The molecule has 0 aliphatic rings. The summed E-state index contributed by atoms with van der Waals surface area (Å²) in [6, 6.07) is 12.6. The molecule has 0 N–H and O–H groups in total. The third kappa shape index (κ3) is 2.88. The molecular weight excluding hydrogens is 280 g/mol. The molecule has 0 amide bonds. The number of esters is 1. The Kier molecular flexibility index (Phi) is 3.70. The second-order valence-electron chi connectivity index (χ2n) is 4.92. The normalized spacial score (nSPS) is 10.5. The lowest BCUT2D eigenvalue weighted by molar-refractivity contribution is 0.0692. The van der Waals surface area contributed by atoms with Gasteiger partial charge in [0.1, 0.15) is 0 Å². The summed E-state index contributed by atoms with van der Waals surface area (Å²) >= 11 is 0. The van der Waals surface area contributed by atoms with Gasteiger partial charge in [-0.2, -0.15) is 0 Å². The van der Waals surface area contributed by atoms with E-state index in [4.69, 9.17) is 9.15 Å². The highest BCUT2D eigenvalue weighted by Crippen LogP contribution is 2.21. The number of furan rings is 1. The van der Waals surface area contributed by atoms with Gasteiger partial charge in [-0.25, -0.2) is 4.79 Å². The number of aromatic nitrogens is 2. The minimum absolute atomic E-state index is 0.125. The molecule has 0 bridgehead atoms. The van der Waals surface area contributed by atoms with E-state index in [0.29, 0.717) is 0 Å². The van der Waals surface area contributed by atoms with Gasteiger partial charge in [0.25, 0.3) is 0 Å². The molecule has 1 aromatic carbocycles. The molecule has 0 fully saturated rings. The van der Waals surface area contributed by atoms with Crippen molar-refractivity contribution in [3.8, 4) is 17.1 Å². The van der Waals surface area contributed by atoms with E-state index in [1.807, 2.05) is 25.1 Å². The minimum Gasteiger partial charge on any atom is -0.457 e. The minimum atomic E-state index is -0.599. The number of rotatable bonds is 3. The number of carbonyl (C=O) groups excluding carboxylic acids is 1. The SMILES string of the molecule is Cc1ccc(-c2ccc(OC(=O)c3ccco3)nn2)cc1C. The number of carbonyl (C=O) groups is 1. The van der Waals surface area contributed by atoms with Gasteiger partial charge in [-0.1, -0.05) is 12.1 Å². The third-order valence-electron chi connectivity index (χ3n) is 3.36. The topological polar surface area (TPSA) is 65.2 Å². The Hall–Kier alpha value is -2.95. The predicted molar refractivity (Wildman–Crippen MR) is 80.6 cm³/mol. The van der Waals surface area contributed by atoms with Crippen molar-refractivity contribution in [1.82, 2.24) is 10.2 Å². The molecule has 0 aliphatic carbocycles. The molecule has 5 heteroatoms. The molecule has 0 aliphatic heterocycles. The molecule has 0 spiro atoms. The van der Waals surface area contributed by atoms with Gasteiger partial charge in [0.2, 0.25) is 11.6 Å². The van der Waals surface area contributed by atoms with Gasteiger partial charge in [0.05, 0.1) is 12.0 Å². The summed E-state index contributed by atoms with van der Waals surface area (Å²) in [5.41, 5.74) is 4.11. The largest absolute Gasteiger partial charge is 0.457 e. The molecule has 2 heterocycles. The zero-order valence-corrected chi connectivity index (χ0v) is 12.2. The van der Waals surface area contributed by atoms with Crippen LogP contribution in [0.15, 0.2) is 53.1 Å². The van der Waals surface area contributed by atoms with E-state index in [2.05, 4.69) is 17.1 Å². The lowest BCUT2D eigenvalue weighted by atomic mass is 10.0. The highest BCUT2D eigenvalue weighted by Gasteiger charge is 2.12. The van der Waals surface area contributed by atoms with Gasteiger partial charge in [0.15, 0.2) is 0 Å². The van der Waals surface area contributed by atoms with Gasteiger partial charge in [-0.05, 0) is 49.2 Å². The maximum atomic E-state index is 11.7. The third-order valence-corrected chi connectivity index (χ3v) is 3.36. The molecule has 3 rings (SSSR count). The van der Waals surface area contributed by atoms with Crippen LogP contribution in [0.2, 0.25) is 0 Å². The second-order valence-corrected chi connectivity index (χ2v) is 4.92. The first-order valence-corrected chi connectivity index (χ1v) is 6.80. The summed E-state index contributed by atoms with van der Waals surface area (Å²) in [6.07, 6.45) is 1.41. The van der Waals surface area contributed by atoms with Gasteiger partial charge in [-0.3, -0.25) is 0 Å². The van der Waals surface area contributed by atoms with Gasteiger partial charge in [0, 0.05) is 11.6 Å². The Morgan fingerprint density at radius 1 is 1.05 bits per heavy atom. The first kappa shape index (κ1) is 14.0. The summed E-state index contributed by atoms with van der Waals surface area (Å²) in [5.74, 6) is -0.341. The average molecular weight is 294 g/mol. The first-order chi connectivity index (χ1) is 10.6. The second kappa shape index (κ2) is 5.81. The fourth-order valence-electron chi connectivity index (χ4n) is 1.97. The van der Waals surface area contributed by atoms with Crippen LogP contribution in [0.3, 0.4) is 0 Å². The van der Waals surface area contributed by atoms with E-state index in [9.17, 15) is 4.79 Å². The van der Waals surface area contributed by atoms with Crippen LogP contribution in [0.4, 0.5) is 0 Å². The van der Waals surface area contributed by atoms with Crippen LogP contribution in [-0.2, 0) is 0 Å². The lowest BCUT2D eigenvalue weighted by Crippen LogP contribution is -2.08. The van der Waals surface area contributed by atoms with Crippen molar-refractivity contribution in [2.24, 2.45) is 0 Å². The average Bonchev–Trinajstić information content (AvgIpc) is 3.05. The van der Waals surface area contributed by atoms with Crippen molar-refractivity contribution >= 4 is 5.97 Å². The quantitative estimate of drug-likeness (QED) is 0.691. The zero-order valence-electron chi connectivity index (χ0n) is 12.2. The fourth-order valence-corrected chi connectivity index (χ4v) is 1.97. The first-order valence-electron chi connectivity index (χ1n) is 6.80. The van der Waals surface area contributed by atoms with Crippen molar-refractivity contribution < 1.29 is 13.9 Å². The number of nitrogens with zero attached hydrogens (tertiary/aromatic N) is 2. The molecule has 0 unspecified atom stereocenters. The summed E-state index contributed by atoms with van der Waals surface area (Å²) < 4.78 is 10.0. The van der Waals surface area contributed by atoms with Gasteiger partial charge < -0.3 is 9.15 Å². The van der Waals surface area contributed by atoms with E-state index in [1.54, 1.807) is 18.2 Å². The van der Waals surface area contributed by atoms with E-state index in [0.717, 1.165) is 11.3 Å². The van der Waals surface area contributed by atoms with Crippen LogP contribution in [0, 0.1) is 13.8 Å². The standard InChI is InChI=1S/C17H14N2O3/c1-11-5-6-13(10-12(11)2)14-7-8-16(19-18-14)22-17(20)15-4-3-9-21-15/h3-10H,1-2H3. The van der Waals surface area contributed by atoms with Crippen LogP contribution < -0.4 is 4.74 Å². The molecule has 0 saturated carbocycles. The van der Waals surface area contributed by atoms with Crippen molar-refractivity contribution in [2.75, 3.05) is 0 Å². The van der Waals surface area contributed by atoms with Gasteiger partial charge in [-0.15, -0.1) is 10.2 Å². The van der Waals surface area contributed by atoms with Crippen molar-refractivity contribution in [2.45, 2.75) is 13.8 Å².